The van der Waals surface area contributed by atoms with Gasteiger partial charge in [-0.1, -0.05) is 48.9 Å². The van der Waals surface area contributed by atoms with Crippen molar-refractivity contribution in [2.45, 2.75) is 44.4 Å². The first-order valence-corrected chi connectivity index (χ1v) is 13.7. The van der Waals surface area contributed by atoms with Gasteiger partial charge in [0.1, 0.15) is 16.7 Å². The Kier molecular flexibility index (Phi) is 8.10. The third-order valence-electron chi connectivity index (χ3n) is 6.72. The molecule has 3 aromatic rings. The summed E-state index contributed by atoms with van der Waals surface area (Å²) in [5, 5.41) is 9.85. The van der Waals surface area contributed by atoms with Crippen LogP contribution in [0.25, 0.3) is 11.1 Å². The minimum absolute atomic E-state index is 0.110. The highest BCUT2D eigenvalue weighted by Gasteiger charge is 2.38. The van der Waals surface area contributed by atoms with Crippen LogP contribution in [0, 0.1) is 12.8 Å². The number of aliphatic hydroxyl groups is 1. The van der Waals surface area contributed by atoms with E-state index in [4.69, 9.17) is 4.74 Å². The van der Waals surface area contributed by atoms with Crippen molar-refractivity contribution in [3.63, 3.8) is 0 Å². The number of hydrogen-bond donors (Lipinski definition) is 1. The summed E-state index contributed by atoms with van der Waals surface area (Å²) in [6.07, 6.45) is 3.34. The van der Waals surface area contributed by atoms with Crippen molar-refractivity contribution in [1.29, 1.82) is 0 Å². The van der Waals surface area contributed by atoms with Crippen LogP contribution in [0.2, 0.25) is 0 Å². The smallest absolute Gasteiger partial charge is 0.247 e. The summed E-state index contributed by atoms with van der Waals surface area (Å²) < 4.78 is 35.3. The SMILES string of the molecule is Cc1ccc(-c2ccc3c(c2)O[C@@H](CN(C)Cc2cccnc2)[C@H](C)CN([C@@H](C)CO)S3(=O)=O)cc1. The molecule has 192 valence electrons. The van der Waals surface area contributed by atoms with Crippen LogP contribution in [0.3, 0.4) is 0 Å². The van der Waals surface area contributed by atoms with E-state index in [1.54, 1.807) is 19.2 Å². The largest absolute Gasteiger partial charge is 0.487 e. The molecule has 0 saturated heterocycles. The Morgan fingerprint density at radius 2 is 1.89 bits per heavy atom. The average Bonchev–Trinajstić information content (AvgIpc) is 2.86. The Morgan fingerprint density at radius 3 is 2.56 bits per heavy atom. The van der Waals surface area contributed by atoms with Gasteiger partial charge in [0, 0.05) is 44.0 Å². The van der Waals surface area contributed by atoms with Crippen molar-refractivity contribution in [2.24, 2.45) is 5.92 Å². The molecule has 1 aromatic heterocycles. The second-order valence-corrected chi connectivity index (χ2v) is 11.7. The molecule has 7 nitrogen and oxygen atoms in total. The number of fused-ring (bicyclic) bond motifs is 1. The number of pyridine rings is 1. The summed E-state index contributed by atoms with van der Waals surface area (Å²) >= 11 is 0. The molecule has 2 aromatic carbocycles. The summed E-state index contributed by atoms with van der Waals surface area (Å²) in [5.41, 5.74) is 4.13. The Labute approximate surface area is 214 Å². The average molecular weight is 510 g/mol. The fourth-order valence-electron chi connectivity index (χ4n) is 4.54. The Balaban J connectivity index is 1.72. The number of aliphatic hydroxyl groups excluding tert-OH is 1. The predicted molar refractivity (Wildman–Crippen MR) is 141 cm³/mol. The molecule has 1 N–H and O–H groups in total. The topological polar surface area (TPSA) is 83.0 Å². The van der Waals surface area contributed by atoms with Crippen LogP contribution in [0.15, 0.2) is 71.9 Å². The third-order valence-corrected chi connectivity index (χ3v) is 8.74. The Hall–Kier alpha value is -2.78. The van der Waals surface area contributed by atoms with Crippen molar-refractivity contribution in [2.75, 3.05) is 26.7 Å². The van der Waals surface area contributed by atoms with Crippen LogP contribution < -0.4 is 4.74 Å². The number of rotatable bonds is 7. The lowest BCUT2D eigenvalue weighted by Crippen LogP contribution is -2.49. The zero-order valence-electron chi connectivity index (χ0n) is 21.3. The Bertz CT molecular complexity index is 1270. The number of nitrogens with zero attached hydrogens (tertiary/aromatic N) is 3. The molecule has 0 bridgehead atoms. The Morgan fingerprint density at radius 1 is 1.17 bits per heavy atom. The van der Waals surface area contributed by atoms with E-state index in [-0.39, 0.29) is 30.1 Å². The van der Waals surface area contributed by atoms with Crippen LogP contribution in [0.5, 0.6) is 5.75 Å². The summed E-state index contributed by atoms with van der Waals surface area (Å²) in [6.45, 7) is 7.08. The van der Waals surface area contributed by atoms with Crippen molar-refractivity contribution in [3.8, 4) is 16.9 Å². The molecular weight excluding hydrogens is 474 g/mol. The minimum Gasteiger partial charge on any atom is -0.487 e. The molecule has 0 amide bonds. The van der Waals surface area contributed by atoms with Crippen LogP contribution in [-0.4, -0.2) is 66.6 Å². The van der Waals surface area contributed by atoms with Crippen molar-refractivity contribution in [3.05, 3.63) is 78.1 Å². The first kappa shape index (κ1) is 26.3. The molecule has 0 unspecified atom stereocenters. The lowest BCUT2D eigenvalue weighted by molar-refractivity contribution is 0.0734. The minimum atomic E-state index is -3.87. The molecule has 2 heterocycles. The molecule has 1 aliphatic rings. The zero-order valence-corrected chi connectivity index (χ0v) is 22.1. The van der Waals surface area contributed by atoms with E-state index in [9.17, 15) is 13.5 Å². The van der Waals surface area contributed by atoms with Crippen LogP contribution in [-0.2, 0) is 16.6 Å². The molecule has 4 rings (SSSR count). The predicted octanol–water partition coefficient (Wildman–Crippen LogP) is 3.96. The van der Waals surface area contributed by atoms with Crippen LogP contribution in [0.4, 0.5) is 0 Å². The van der Waals surface area contributed by atoms with E-state index < -0.39 is 16.1 Å². The summed E-state index contributed by atoms with van der Waals surface area (Å²) in [6, 6.07) is 16.8. The third kappa shape index (κ3) is 5.78. The summed E-state index contributed by atoms with van der Waals surface area (Å²) in [7, 11) is -1.84. The van der Waals surface area contributed by atoms with Crippen molar-refractivity contribution in [1.82, 2.24) is 14.2 Å². The van der Waals surface area contributed by atoms with Crippen molar-refractivity contribution < 1.29 is 18.3 Å². The maximum Gasteiger partial charge on any atom is 0.247 e. The monoisotopic (exact) mass is 509 g/mol. The molecule has 1 aliphatic heterocycles. The standard InChI is InChI=1S/C28H35N3O4S/c1-20-7-9-24(10-8-20)25-11-12-28-26(14-25)35-27(18-30(4)17-23-6-5-13-29-15-23)21(2)16-31(22(3)19-32)36(28,33)34/h5-15,21-22,27,32H,16-19H2,1-4H3/t21-,22+,27+/m1/s1. The van der Waals surface area contributed by atoms with E-state index in [2.05, 4.69) is 9.88 Å². The van der Waals surface area contributed by atoms with Gasteiger partial charge in [-0.15, -0.1) is 0 Å². The van der Waals surface area contributed by atoms with E-state index >= 15 is 0 Å². The highest BCUT2D eigenvalue weighted by Crippen LogP contribution is 2.36. The second kappa shape index (κ2) is 11.1. The summed E-state index contributed by atoms with van der Waals surface area (Å²) in [4.78, 5) is 6.49. The van der Waals surface area contributed by atoms with E-state index in [1.807, 2.05) is 75.6 Å². The van der Waals surface area contributed by atoms with Gasteiger partial charge in [-0.05, 0) is 55.8 Å². The van der Waals surface area contributed by atoms with Gasteiger partial charge in [-0.25, -0.2) is 8.42 Å². The number of likely N-dealkylation sites (N-methyl/N-ethyl adjacent to an activating group) is 1. The van der Waals surface area contributed by atoms with Gasteiger partial charge in [0.2, 0.25) is 10.0 Å². The summed E-state index contributed by atoms with van der Waals surface area (Å²) in [5.74, 6) is 0.232. The molecule has 0 spiro atoms. The van der Waals surface area contributed by atoms with Gasteiger partial charge in [0.25, 0.3) is 0 Å². The van der Waals surface area contributed by atoms with Gasteiger partial charge in [-0.3, -0.25) is 9.88 Å². The van der Waals surface area contributed by atoms with Crippen molar-refractivity contribution >= 4 is 10.0 Å². The molecule has 3 atom stereocenters. The maximum atomic E-state index is 13.7. The highest BCUT2D eigenvalue weighted by atomic mass is 32.2. The number of sulfonamides is 1. The number of benzene rings is 2. The molecular formula is C28H35N3O4S. The first-order chi connectivity index (χ1) is 17.2. The number of aromatic nitrogens is 1. The molecule has 36 heavy (non-hydrogen) atoms. The van der Waals surface area contributed by atoms with Crippen LogP contribution >= 0.6 is 0 Å². The lowest BCUT2D eigenvalue weighted by Gasteiger charge is -2.37. The molecule has 8 heteroatoms. The fraction of sp³-hybridized carbons (Fsp3) is 0.393. The quantitative estimate of drug-likeness (QED) is 0.519. The van der Waals surface area contributed by atoms with E-state index in [0.29, 0.717) is 18.8 Å². The van der Waals surface area contributed by atoms with Gasteiger partial charge in [-0.2, -0.15) is 4.31 Å². The molecule has 0 aliphatic carbocycles. The first-order valence-electron chi connectivity index (χ1n) is 12.3. The number of hydrogen-bond acceptors (Lipinski definition) is 6. The van der Waals surface area contributed by atoms with Crippen LogP contribution in [0.1, 0.15) is 25.0 Å². The zero-order chi connectivity index (χ0) is 25.9. The molecule has 0 saturated carbocycles. The second-order valence-electron chi connectivity index (χ2n) is 9.83. The number of ether oxygens (including phenoxy) is 1. The van der Waals surface area contributed by atoms with E-state index in [0.717, 1.165) is 22.3 Å². The van der Waals surface area contributed by atoms with Gasteiger partial charge >= 0.3 is 0 Å². The molecule has 0 fully saturated rings. The lowest BCUT2D eigenvalue weighted by atomic mass is 10.0. The normalized spacial score (nSPS) is 20.7. The highest BCUT2D eigenvalue weighted by molar-refractivity contribution is 7.89. The number of aryl methyl sites for hydroxylation is 1. The maximum absolute atomic E-state index is 13.7. The van der Waals surface area contributed by atoms with Gasteiger partial charge in [0.05, 0.1) is 6.61 Å². The van der Waals surface area contributed by atoms with E-state index in [1.165, 1.54) is 4.31 Å². The fourth-order valence-corrected chi connectivity index (χ4v) is 6.37. The molecule has 0 radical (unpaired) electrons. The van der Waals surface area contributed by atoms with Gasteiger partial charge < -0.3 is 9.84 Å². The van der Waals surface area contributed by atoms with Gasteiger partial charge in [0.15, 0.2) is 0 Å².